The van der Waals surface area contributed by atoms with Gasteiger partial charge in [0.2, 0.25) is 0 Å². The number of amides is 1. The van der Waals surface area contributed by atoms with Gasteiger partial charge in [-0.05, 0) is 20.8 Å². The number of aryl methyl sites for hydroxylation is 2. The van der Waals surface area contributed by atoms with E-state index in [1.54, 1.807) is 23.3 Å². The largest absolute Gasteiger partial charge is 0.490 e. The molecule has 142 valence electrons. The van der Waals surface area contributed by atoms with E-state index >= 15 is 0 Å². The SMILES string of the molecule is Cc1nc(C(C)N(C)C(=O)c2cncnc2)c(C)s1.O=C(O)C(F)(F)F. The number of aromatic nitrogens is 3. The number of carboxylic acids is 1. The summed E-state index contributed by atoms with van der Waals surface area (Å²) in [5, 5.41) is 8.14. The summed E-state index contributed by atoms with van der Waals surface area (Å²) in [6.45, 7) is 5.98. The van der Waals surface area contributed by atoms with Crippen LogP contribution in [0.5, 0.6) is 0 Å². The van der Waals surface area contributed by atoms with Crippen LogP contribution in [-0.2, 0) is 4.79 Å². The molecule has 0 saturated heterocycles. The highest BCUT2D eigenvalue weighted by Gasteiger charge is 2.38. The third-order valence-electron chi connectivity index (χ3n) is 3.29. The van der Waals surface area contributed by atoms with E-state index in [1.165, 1.54) is 18.7 Å². The number of nitrogens with zero attached hydrogens (tertiary/aromatic N) is 4. The number of rotatable bonds is 3. The molecule has 0 aliphatic carbocycles. The number of hydrogen-bond donors (Lipinski definition) is 1. The summed E-state index contributed by atoms with van der Waals surface area (Å²) in [5.41, 5.74) is 1.44. The Hall–Kier alpha value is -2.56. The topological polar surface area (TPSA) is 96.3 Å². The van der Waals surface area contributed by atoms with E-state index in [4.69, 9.17) is 9.90 Å². The summed E-state index contributed by atoms with van der Waals surface area (Å²) >= 11 is 1.65. The van der Waals surface area contributed by atoms with E-state index in [9.17, 15) is 18.0 Å². The van der Waals surface area contributed by atoms with Gasteiger partial charge in [0.05, 0.1) is 22.3 Å². The predicted octanol–water partition coefficient (Wildman–Crippen LogP) is 3.02. The summed E-state index contributed by atoms with van der Waals surface area (Å²) in [6.07, 6.45) is -0.621. The number of halogens is 3. The number of carbonyl (C=O) groups excluding carboxylic acids is 1. The molecule has 2 rings (SSSR count). The zero-order valence-corrected chi connectivity index (χ0v) is 15.2. The summed E-state index contributed by atoms with van der Waals surface area (Å²) in [4.78, 5) is 36.2. The van der Waals surface area contributed by atoms with Gasteiger partial charge in [-0.3, -0.25) is 4.79 Å². The maximum Gasteiger partial charge on any atom is 0.490 e. The lowest BCUT2D eigenvalue weighted by molar-refractivity contribution is -0.192. The molecule has 0 aliphatic heterocycles. The Morgan fingerprint density at radius 1 is 1.23 bits per heavy atom. The monoisotopic (exact) mass is 390 g/mol. The second-order valence-electron chi connectivity index (χ2n) is 5.20. The van der Waals surface area contributed by atoms with E-state index in [2.05, 4.69) is 15.0 Å². The highest BCUT2D eigenvalue weighted by Crippen LogP contribution is 2.26. The van der Waals surface area contributed by atoms with Crippen LogP contribution in [0.3, 0.4) is 0 Å². The molecule has 0 radical (unpaired) electrons. The van der Waals surface area contributed by atoms with Gasteiger partial charge in [-0.1, -0.05) is 0 Å². The van der Waals surface area contributed by atoms with Crippen molar-refractivity contribution in [3.63, 3.8) is 0 Å². The quantitative estimate of drug-likeness (QED) is 0.865. The van der Waals surface area contributed by atoms with Crippen molar-refractivity contribution in [3.05, 3.63) is 39.9 Å². The predicted molar refractivity (Wildman–Crippen MR) is 87.8 cm³/mol. The van der Waals surface area contributed by atoms with Crippen molar-refractivity contribution in [2.45, 2.75) is 33.0 Å². The minimum Gasteiger partial charge on any atom is -0.475 e. The van der Waals surface area contributed by atoms with Crippen LogP contribution in [0.15, 0.2) is 18.7 Å². The van der Waals surface area contributed by atoms with Gasteiger partial charge in [-0.15, -0.1) is 11.3 Å². The molecular formula is C15H17F3N4O3S. The number of carboxylic acid groups (broad SMARTS) is 1. The van der Waals surface area contributed by atoms with Crippen molar-refractivity contribution >= 4 is 23.2 Å². The van der Waals surface area contributed by atoms with Crippen molar-refractivity contribution in [1.29, 1.82) is 0 Å². The average Bonchev–Trinajstić information content (AvgIpc) is 2.91. The van der Waals surface area contributed by atoms with Gasteiger partial charge < -0.3 is 10.0 Å². The van der Waals surface area contributed by atoms with Crippen LogP contribution in [0.4, 0.5) is 13.2 Å². The van der Waals surface area contributed by atoms with Crippen molar-refractivity contribution in [2.75, 3.05) is 7.05 Å². The highest BCUT2D eigenvalue weighted by molar-refractivity contribution is 7.11. The molecule has 0 fully saturated rings. The van der Waals surface area contributed by atoms with Crippen LogP contribution in [0.2, 0.25) is 0 Å². The lowest BCUT2D eigenvalue weighted by atomic mass is 10.1. The molecule has 2 aromatic rings. The maximum atomic E-state index is 12.3. The van der Waals surface area contributed by atoms with Crippen molar-refractivity contribution in [2.24, 2.45) is 0 Å². The van der Waals surface area contributed by atoms with Gasteiger partial charge in [-0.25, -0.2) is 19.7 Å². The Labute approximate surface area is 151 Å². The molecule has 0 spiro atoms. The third-order valence-corrected chi connectivity index (χ3v) is 4.19. The minimum atomic E-state index is -5.08. The Kier molecular flexibility index (Phi) is 7.19. The number of thiazole rings is 1. The highest BCUT2D eigenvalue weighted by atomic mass is 32.1. The Bertz CT molecular complexity index is 765. The number of alkyl halides is 3. The number of hydrogen-bond acceptors (Lipinski definition) is 6. The minimum absolute atomic E-state index is 0.0716. The Morgan fingerprint density at radius 3 is 2.12 bits per heavy atom. The van der Waals surface area contributed by atoms with Crippen LogP contribution >= 0.6 is 11.3 Å². The fraction of sp³-hybridized carbons (Fsp3) is 0.400. The van der Waals surface area contributed by atoms with Gasteiger partial charge in [0.25, 0.3) is 5.91 Å². The van der Waals surface area contributed by atoms with Crippen molar-refractivity contribution in [3.8, 4) is 0 Å². The third kappa shape index (κ3) is 5.76. The first-order chi connectivity index (χ1) is 11.9. The first-order valence-electron chi connectivity index (χ1n) is 7.21. The zero-order valence-electron chi connectivity index (χ0n) is 14.4. The standard InChI is InChI=1S/C13H16N4OS.C2HF3O2/c1-8(12-9(2)19-10(3)16-12)17(4)13(18)11-5-14-7-15-6-11;3-2(4,5)1(6)7/h5-8H,1-4H3;(H,6,7). The van der Waals surface area contributed by atoms with Crippen LogP contribution < -0.4 is 0 Å². The van der Waals surface area contributed by atoms with Crippen molar-refractivity contribution < 1.29 is 27.9 Å². The molecule has 2 heterocycles. The summed E-state index contributed by atoms with van der Waals surface area (Å²) in [7, 11) is 1.77. The zero-order chi connectivity index (χ0) is 20.1. The second kappa shape index (κ2) is 8.70. The molecule has 0 aromatic carbocycles. The smallest absolute Gasteiger partial charge is 0.475 e. The molecule has 1 amide bonds. The molecule has 0 saturated carbocycles. The molecule has 1 atom stereocenters. The lowest BCUT2D eigenvalue weighted by Crippen LogP contribution is -2.30. The van der Waals surface area contributed by atoms with Crippen LogP contribution in [0, 0.1) is 13.8 Å². The summed E-state index contributed by atoms with van der Waals surface area (Å²) in [5.74, 6) is -2.86. The molecule has 1 N–H and O–H groups in total. The van der Waals surface area contributed by atoms with E-state index in [0.29, 0.717) is 5.56 Å². The number of carbonyl (C=O) groups is 2. The van der Waals surface area contributed by atoms with E-state index in [-0.39, 0.29) is 11.9 Å². The molecule has 11 heteroatoms. The first-order valence-corrected chi connectivity index (χ1v) is 8.03. The van der Waals surface area contributed by atoms with E-state index in [0.717, 1.165) is 15.6 Å². The van der Waals surface area contributed by atoms with E-state index in [1.807, 2.05) is 20.8 Å². The molecule has 0 aliphatic rings. The van der Waals surface area contributed by atoms with Crippen LogP contribution in [0.1, 0.15) is 38.9 Å². The normalized spacial score (nSPS) is 12.0. The average molecular weight is 390 g/mol. The second-order valence-corrected chi connectivity index (χ2v) is 6.60. The fourth-order valence-corrected chi connectivity index (χ4v) is 2.81. The first kappa shape index (κ1) is 21.5. The Morgan fingerprint density at radius 2 is 1.73 bits per heavy atom. The maximum absolute atomic E-state index is 12.3. The van der Waals surface area contributed by atoms with Gasteiger partial charge in [0.15, 0.2) is 0 Å². The molecule has 0 bridgehead atoms. The number of aliphatic carboxylic acids is 1. The van der Waals surface area contributed by atoms with Gasteiger partial charge >= 0.3 is 12.1 Å². The molecule has 26 heavy (non-hydrogen) atoms. The molecular weight excluding hydrogens is 373 g/mol. The molecule has 7 nitrogen and oxygen atoms in total. The fourth-order valence-electron chi connectivity index (χ4n) is 1.91. The molecule has 2 aromatic heterocycles. The van der Waals surface area contributed by atoms with Gasteiger partial charge in [0, 0.05) is 24.3 Å². The van der Waals surface area contributed by atoms with Crippen LogP contribution in [-0.4, -0.2) is 50.1 Å². The van der Waals surface area contributed by atoms with Gasteiger partial charge in [0.1, 0.15) is 6.33 Å². The Balaban J connectivity index is 0.000000412. The van der Waals surface area contributed by atoms with Gasteiger partial charge in [-0.2, -0.15) is 13.2 Å². The lowest BCUT2D eigenvalue weighted by Gasteiger charge is -2.24. The van der Waals surface area contributed by atoms with Crippen LogP contribution in [0.25, 0.3) is 0 Å². The summed E-state index contributed by atoms with van der Waals surface area (Å²) < 4.78 is 31.7. The summed E-state index contributed by atoms with van der Waals surface area (Å²) in [6, 6.07) is -0.0716. The molecule has 1 unspecified atom stereocenters. The van der Waals surface area contributed by atoms with Crippen molar-refractivity contribution in [1.82, 2.24) is 19.9 Å². The van der Waals surface area contributed by atoms with E-state index < -0.39 is 12.1 Å².